The Bertz CT molecular complexity index is 1760. The minimum absolute atomic E-state index is 0.469. The second kappa shape index (κ2) is 7.00. The van der Waals surface area contributed by atoms with Crippen molar-refractivity contribution in [2.24, 2.45) is 0 Å². The molecule has 0 N–H and O–H groups in total. The lowest BCUT2D eigenvalue weighted by molar-refractivity contribution is 0.00578. The van der Waals surface area contributed by atoms with Crippen LogP contribution in [0.5, 0.6) is 0 Å². The number of para-hydroxylation sites is 1. The third-order valence-corrected chi connectivity index (χ3v) is 7.75. The monoisotopic (exact) mass is 460 g/mol. The summed E-state index contributed by atoms with van der Waals surface area (Å²) in [6.07, 6.45) is 0. The minimum atomic E-state index is -0.564. The number of hydrogen-bond acceptors (Lipinski definition) is 4. The topological polar surface area (TPSA) is 44.7 Å². The molecule has 1 aliphatic rings. The van der Waals surface area contributed by atoms with Crippen LogP contribution in [0.2, 0.25) is 0 Å². The van der Waals surface area contributed by atoms with Crippen molar-refractivity contribution in [2.75, 3.05) is 0 Å². The largest absolute Gasteiger partial charge is 0.499 e. The molecule has 0 amide bonds. The Labute approximate surface area is 203 Å². The first kappa shape index (κ1) is 20.8. The number of rotatable bonds is 2. The van der Waals surface area contributed by atoms with E-state index in [2.05, 4.69) is 64.1 Å². The van der Waals surface area contributed by atoms with Gasteiger partial charge >= 0.3 is 7.12 Å². The van der Waals surface area contributed by atoms with Crippen LogP contribution in [0.1, 0.15) is 27.7 Å². The van der Waals surface area contributed by atoms with E-state index in [1.165, 1.54) is 0 Å². The molecule has 6 aromatic rings. The fourth-order valence-electron chi connectivity index (χ4n) is 5.20. The van der Waals surface area contributed by atoms with Gasteiger partial charge in [0, 0.05) is 32.6 Å². The van der Waals surface area contributed by atoms with E-state index in [1.807, 2.05) is 42.5 Å². The highest BCUT2D eigenvalue weighted by Crippen LogP contribution is 2.42. The van der Waals surface area contributed by atoms with Crippen LogP contribution in [-0.2, 0) is 9.31 Å². The van der Waals surface area contributed by atoms with Gasteiger partial charge in [-0.25, -0.2) is 0 Å². The SMILES string of the molecule is CC1(C)OB(c2c(-c3cccc4oc5ccccc5c34)oc3c2ccc2ccccc23)OC1(C)C. The van der Waals surface area contributed by atoms with Crippen molar-refractivity contribution < 1.29 is 18.1 Å². The zero-order valence-electron chi connectivity index (χ0n) is 20.2. The molecule has 0 aliphatic carbocycles. The Morgan fingerprint density at radius 3 is 2.09 bits per heavy atom. The highest BCUT2D eigenvalue weighted by Gasteiger charge is 2.53. The molecule has 0 spiro atoms. The van der Waals surface area contributed by atoms with Crippen LogP contribution in [0.3, 0.4) is 0 Å². The quantitative estimate of drug-likeness (QED) is 0.252. The van der Waals surface area contributed by atoms with Gasteiger partial charge in [0.25, 0.3) is 0 Å². The Kier molecular flexibility index (Phi) is 4.16. The molecule has 0 bridgehead atoms. The van der Waals surface area contributed by atoms with Gasteiger partial charge in [-0.2, -0.15) is 0 Å². The lowest BCUT2D eigenvalue weighted by Crippen LogP contribution is -2.41. The molecule has 4 nitrogen and oxygen atoms in total. The van der Waals surface area contributed by atoms with Gasteiger partial charge in [-0.15, -0.1) is 0 Å². The highest BCUT2D eigenvalue weighted by atomic mass is 16.7. The van der Waals surface area contributed by atoms with Crippen molar-refractivity contribution in [3.8, 4) is 11.3 Å². The first-order valence-electron chi connectivity index (χ1n) is 12.0. The number of hydrogen-bond donors (Lipinski definition) is 0. The van der Waals surface area contributed by atoms with E-state index in [4.69, 9.17) is 18.1 Å². The first-order chi connectivity index (χ1) is 16.8. The van der Waals surface area contributed by atoms with Gasteiger partial charge in [-0.05, 0) is 45.2 Å². The maximum atomic E-state index is 6.77. The zero-order valence-corrected chi connectivity index (χ0v) is 20.2. The summed E-state index contributed by atoms with van der Waals surface area (Å²) in [5, 5.41) is 5.29. The predicted molar refractivity (Wildman–Crippen MR) is 142 cm³/mol. The fraction of sp³-hybridized carbons (Fsp3) is 0.200. The third-order valence-electron chi connectivity index (χ3n) is 7.75. The molecular weight excluding hydrogens is 435 g/mol. The summed E-state index contributed by atoms with van der Waals surface area (Å²) < 4.78 is 26.1. The lowest BCUT2D eigenvalue weighted by atomic mass is 9.75. The summed E-state index contributed by atoms with van der Waals surface area (Å²) in [5.74, 6) is 0.756. The molecule has 0 atom stereocenters. The van der Waals surface area contributed by atoms with Crippen LogP contribution in [0, 0.1) is 0 Å². The zero-order chi connectivity index (χ0) is 23.9. The predicted octanol–water partition coefficient (Wildman–Crippen LogP) is 7.45. The maximum absolute atomic E-state index is 6.77. The van der Waals surface area contributed by atoms with Crippen molar-refractivity contribution in [3.63, 3.8) is 0 Å². The number of fused-ring (bicyclic) bond motifs is 6. The van der Waals surface area contributed by atoms with Crippen molar-refractivity contribution in [1.29, 1.82) is 0 Å². The minimum Gasteiger partial charge on any atom is -0.456 e. The van der Waals surface area contributed by atoms with Crippen molar-refractivity contribution >= 4 is 56.3 Å². The van der Waals surface area contributed by atoms with Gasteiger partial charge in [0.15, 0.2) is 0 Å². The van der Waals surface area contributed by atoms with E-state index in [1.54, 1.807) is 0 Å². The van der Waals surface area contributed by atoms with Crippen LogP contribution >= 0.6 is 0 Å². The van der Waals surface area contributed by atoms with Crippen LogP contribution < -0.4 is 5.46 Å². The second-order valence-electron chi connectivity index (χ2n) is 10.4. The van der Waals surface area contributed by atoms with E-state index < -0.39 is 18.3 Å². The Morgan fingerprint density at radius 1 is 0.600 bits per heavy atom. The van der Waals surface area contributed by atoms with Crippen LogP contribution in [0.4, 0.5) is 0 Å². The molecule has 172 valence electrons. The molecule has 1 aliphatic heterocycles. The maximum Gasteiger partial charge on any atom is 0.499 e. The molecule has 1 fully saturated rings. The van der Waals surface area contributed by atoms with Gasteiger partial charge < -0.3 is 18.1 Å². The van der Waals surface area contributed by atoms with Gasteiger partial charge in [-0.1, -0.05) is 66.7 Å². The van der Waals surface area contributed by atoms with Gasteiger partial charge in [0.05, 0.1) is 11.2 Å². The molecule has 0 unspecified atom stereocenters. The number of furan rings is 2. The summed E-state index contributed by atoms with van der Waals surface area (Å²) in [7, 11) is -0.564. The summed E-state index contributed by atoms with van der Waals surface area (Å²) in [6.45, 7) is 8.31. The van der Waals surface area contributed by atoms with Crippen LogP contribution in [-0.4, -0.2) is 18.3 Å². The molecule has 1 saturated heterocycles. The van der Waals surface area contributed by atoms with Crippen LogP contribution in [0.25, 0.3) is 55.0 Å². The smallest absolute Gasteiger partial charge is 0.456 e. The number of benzene rings is 4. The molecular formula is C30H25BO4. The molecule has 2 aromatic heterocycles. The van der Waals surface area contributed by atoms with E-state index in [9.17, 15) is 0 Å². The highest BCUT2D eigenvalue weighted by molar-refractivity contribution is 6.67. The van der Waals surface area contributed by atoms with E-state index in [-0.39, 0.29) is 0 Å². The van der Waals surface area contributed by atoms with Gasteiger partial charge in [0.1, 0.15) is 22.5 Å². The van der Waals surface area contributed by atoms with Crippen LogP contribution in [0.15, 0.2) is 87.7 Å². The molecule has 4 aromatic carbocycles. The molecule has 0 radical (unpaired) electrons. The van der Waals surface area contributed by atoms with E-state index in [0.29, 0.717) is 0 Å². The molecule has 0 saturated carbocycles. The third kappa shape index (κ3) is 2.89. The van der Waals surface area contributed by atoms with Crippen molar-refractivity contribution in [3.05, 3.63) is 78.9 Å². The Balaban J connectivity index is 1.59. The molecule has 5 heteroatoms. The average Bonchev–Trinajstić information content (AvgIpc) is 3.47. The average molecular weight is 460 g/mol. The second-order valence-corrected chi connectivity index (χ2v) is 10.4. The summed E-state index contributed by atoms with van der Waals surface area (Å²) in [5.41, 5.74) is 3.47. The van der Waals surface area contributed by atoms with E-state index in [0.717, 1.165) is 60.5 Å². The van der Waals surface area contributed by atoms with Crippen molar-refractivity contribution in [2.45, 2.75) is 38.9 Å². The Hall–Kier alpha value is -3.54. The van der Waals surface area contributed by atoms with E-state index >= 15 is 0 Å². The first-order valence-corrected chi connectivity index (χ1v) is 12.0. The normalized spacial score (nSPS) is 17.3. The fourth-order valence-corrected chi connectivity index (χ4v) is 5.20. The Morgan fingerprint density at radius 2 is 1.29 bits per heavy atom. The van der Waals surface area contributed by atoms with Crippen molar-refractivity contribution in [1.82, 2.24) is 0 Å². The summed E-state index contributed by atoms with van der Waals surface area (Å²) >= 11 is 0. The molecule has 35 heavy (non-hydrogen) atoms. The van der Waals surface area contributed by atoms with Gasteiger partial charge in [-0.3, -0.25) is 0 Å². The standard InChI is InChI=1S/C30H25BO4/c1-29(2)30(3,4)35-31(34-29)26-22-17-16-18-10-5-6-11-19(18)27(22)33-28(26)21-13-9-15-24-25(21)20-12-7-8-14-23(20)32-24/h5-17H,1-4H3. The molecule has 3 heterocycles. The van der Waals surface area contributed by atoms with Gasteiger partial charge in [0.2, 0.25) is 0 Å². The summed E-state index contributed by atoms with van der Waals surface area (Å²) in [4.78, 5) is 0. The summed E-state index contributed by atoms with van der Waals surface area (Å²) in [6, 6.07) is 26.8. The molecule has 7 rings (SSSR count). The lowest BCUT2D eigenvalue weighted by Gasteiger charge is -2.32.